The Balaban J connectivity index is 1.56. The third-order valence-corrected chi connectivity index (χ3v) is 5.68. The molecule has 0 aliphatic carbocycles. The Kier molecular flexibility index (Phi) is 5.69. The molecule has 4 rings (SSSR count). The lowest BCUT2D eigenvalue weighted by atomic mass is 10.2. The molecule has 29 heavy (non-hydrogen) atoms. The fraction of sp³-hybridized carbons (Fsp3) is 0.227. The number of carbonyl (C=O) groups excluding carboxylic acids is 1. The van der Waals surface area contributed by atoms with Gasteiger partial charge >= 0.3 is 0 Å². The summed E-state index contributed by atoms with van der Waals surface area (Å²) in [4.78, 5) is 25.9. The first-order valence-electron chi connectivity index (χ1n) is 9.44. The average Bonchev–Trinajstić information content (AvgIpc) is 3.33. The molecule has 0 saturated carbocycles. The molecule has 0 atom stereocenters. The largest absolute Gasteiger partial charge is 0.395 e. The molecule has 6 nitrogen and oxygen atoms in total. The van der Waals surface area contributed by atoms with Gasteiger partial charge in [-0.25, -0.2) is 9.97 Å². The summed E-state index contributed by atoms with van der Waals surface area (Å²) in [6, 6.07) is 15.9. The molecule has 0 aliphatic heterocycles. The van der Waals surface area contributed by atoms with Gasteiger partial charge in [-0.3, -0.25) is 4.79 Å². The molecular weight excluding hydrogens is 384 g/mol. The number of hydrogen-bond acceptors (Lipinski definition) is 5. The van der Waals surface area contributed by atoms with Gasteiger partial charge in [-0.05, 0) is 30.7 Å². The van der Waals surface area contributed by atoms with Gasteiger partial charge in [0.2, 0.25) is 0 Å². The van der Waals surface area contributed by atoms with Crippen LogP contribution >= 0.6 is 11.3 Å². The maximum absolute atomic E-state index is 13.0. The minimum atomic E-state index is -0.155. The lowest BCUT2D eigenvalue weighted by Gasteiger charge is -2.21. The second kappa shape index (κ2) is 8.55. The number of hydrogen-bond donors (Lipinski definition) is 1. The SMILES string of the molecule is Cc1ccc(CN(CCO)C(=O)c2cnc3c(c2)ncn3Cc2ccccc2)s1. The van der Waals surface area contributed by atoms with Crippen LogP contribution in [0, 0.1) is 6.92 Å². The van der Waals surface area contributed by atoms with E-state index in [0.717, 1.165) is 16.1 Å². The number of aliphatic hydroxyl groups excluding tert-OH is 1. The molecule has 1 aromatic carbocycles. The van der Waals surface area contributed by atoms with E-state index in [2.05, 4.69) is 22.1 Å². The lowest BCUT2D eigenvalue weighted by molar-refractivity contribution is 0.0709. The van der Waals surface area contributed by atoms with E-state index in [1.54, 1.807) is 34.8 Å². The van der Waals surface area contributed by atoms with Crippen LogP contribution in [0.3, 0.4) is 0 Å². The Hall–Kier alpha value is -3.03. The molecule has 3 aromatic heterocycles. The zero-order chi connectivity index (χ0) is 20.2. The van der Waals surface area contributed by atoms with Gasteiger partial charge in [0, 0.05) is 22.5 Å². The van der Waals surface area contributed by atoms with E-state index in [9.17, 15) is 9.90 Å². The van der Waals surface area contributed by atoms with Crippen LogP contribution < -0.4 is 0 Å². The minimum Gasteiger partial charge on any atom is -0.395 e. The zero-order valence-electron chi connectivity index (χ0n) is 16.2. The van der Waals surface area contributed by atoms with Gasteiger partial charge in [0.15, 0.2) is 5.65 Å². The average molecular weight is 407 g/mol. The highest BCUT2D eigenvalue weighted by Gasteiger charge is 2.18. The molecule has 4 aromatic rings. The van der Waals surface area contributed by atoms with Crippen LogP contribution in [0.1, 0.15) is 25.7 Å². The Bertz CT molecular complexity index is 1120. The molecule has 0 unspecified atom stereocenters. The van der Waals surface area contributed by atoms with Crippen LogP contribution in [0.4, 0.5) is 0 Å². The Morgan fingerprint density at radius 2 is 2.00 bits per heavy atom. The predicted octanol–water partition coefficient (Wildman–Crippen LogP) is 3.48. The molecule has 148 valence electrons. The number of aryl methyl sites for hydroxylation is 1. The van der Waals surface area contributed by atoms with Crippen molar-refractivity contribution in [1.82, 2.24) is 19.4 Å². The van der Waals surface area contributed by atoms with E-state index >= 15 is 0 Å². The summed E-state index contributed by atoms with van der Waals surface area (Å²) in [5.41, 5.74) is 3.06. The first-order valence-corrected chi connectivity index (χ1v) is 10.3. The maximum atomic E-state index is 13.0. The van der Waals surface area contributed by atoms with E-state index < -0.39 is 0 Å². The normalized spacial score (nSPS) is 11.1. The van der Waals surface area contributed by atoms with Crippen LogP contribution in [-0.4, -0.2) is 43.6 Å². The maximum Gasteiger partial charge on any atom is 0.255 e. The zero-order valence-corrected chi connectivity index (χ0v) is 17.0. The minimum absolute atomic E-state index is 0.0858. The summed E-state index contributed by atoms with van der Waals surface area (Å²) in [5.74, 6) is -0.155. The van der Waals surface area contributed by atoms with Crippen LogP contribution in [-0.2, 0) is 13.1 Å². The number of carbonyl (C=O) groups is 1. The molecule has 7 heteroatoms. The Morgan fingerprint density at radius 1 is 1.17 bits per heavy atom. The third kappa shape index (κ3) is 4.36. The van der Waals surface area contributed by atoms with E-state index in [4.69, 9.17) is 0 Å². The number of benzene rings is 1. The van der Waals surface area contributed by atoms with E-state index in [1.165, 1.54) is 4.88 Å². The van der Waals surface area contributed by atoms with Crippen molar-refractivity contribution in [2.45, 2.75) is 20.0 Å². The number of rotatable bonds is 7. The van der Waals surface area contributed by atoms with Crippen LogP contribution in [0.2, 0.25) is 0 Å². The summed E-state index contributed by atoms with van der Waals surface area (Å²) < 4.78 is 1.97. The number of thiophene rings is 1. The predicted molar refractivity (Wildman–Crippen MR) is 114 cm³/mol. The number of fused-ring (bicyclic) bond motifs is 1. The molecule has 0 spiro atoms. The fourth-order valence-corrected chi connectivity index (χ4v) is 4.18. The summed E-state index contributed by atoms with van der Waals surface area (Å²) in [5, 5.41) is 9.41. The van der Waals surface area contributed by atoms with Crippen LogP contribution in [0.5, 0.6) is 0 Å². The van der Waals surface area contributed by atoms with Gasteiger partial charge in [-0.15, -0.1) is 11.3 Å². The molecule has 0 radical (unpaired) electrons. The van der Waals surface area contributed by atoms with Crippen molar-refractivity contribution in [2.75, 3.05) is 13.2 Å². The number of amides is 1. The van der Waals surface area contributed by atoms with E-state index in [1.807, 2.05) is 41.8 Å². The summed E-state index contributed by atoms with van der Waals surface area (Å²) in [6.45, 7) is 3.37. The highest BCUT2D eigenvalue weighted by Crippen LogP contribution is 2.20. The lowest BCUT2D eigenvalue weighted by Crippen LogP contribution is -2.32. The van der Waals surface area contributed by atoms with Gasteiger partial charge in [-0.2, -0.15) is 0 Å². The first kappa shape index (κ1) is 19.3. The van der Waals surface area contributed by atoms with Gasteiger partial charge in [0.05, 0.1) is 31.6 Å². The number of imidazole rings is 1. The monoisotopic (exact) mass is 406 g/mol. The molecule has 1 N–H and O–H groups in total. The molecular formula is C22H22N4O2S. The second-order valence-corrected chi connectivity index (χ2v) is 8.26. The molecule has 0 saturated heterocycles. The van der Waals surface area contributed by atoms with Crippen molar-refractivity contribution in [1.29, 1.82) is 0 Å². The Morgan fingerprint density at radius 3 is 2.72 bits per heavy atom. The molecule has 3 heterocycles. The molecule has 0 bridgehead atoms. The number of pyridine rings is 1. The number of aromatic nitrogens is 3. The van der Waals surface area contributed by atoms with Gasteiger partial charge < -0.3 is 14.6 Å². The number of aliphatic hydroxyl groups is 1. The van der Waals surface area contributed by atoms with Gasteiger partial charge in [0.25, 0.3) is 5.91 Å². The summed E-state index contributed by atoms with van der Waals surface area (Å²) >= 11 is 1.65. The topological polar surface area (TPSA) is 71.2 Å². The first-order chi connectivity index (χ1) is 14.1. The smallest absolute Gasteiger partial charge is 0.255 e. The standard InChI is InChI=1S/C22H22N4O2S/c1-16-7-8-19(29-16)14-25(9-10-27)22(28)18-11-20-21(23-12-18)26(15-24-20)13-17-5-3-2-4-6-17/h2-8,11-12,15,27H,9-10,13-14H2,1H3. The second-order valence-electron chi connectivity index (χ2n) is 6.89. The Labute approximate surface area is 173 Å². The van der Waals surface area contributed by atoms with Gasteiger partial charge in [0.1, 0.15) is 5.52 Å². The van der Waals surface area contributed by atoms with Crippen molar-refractivity contribution < 1.29 is 9.90 Å². The quantitative estimate of drug-likeness (QED) is 0.510. The molecule has 0 aliphatic rings. The van der Waals surface area contributed by atoms with Crippen LogP contribution in [0.25, 0.3) is 11.2 Å². The van der Waals surface area contributed by atoms with Crippen molar-refractivity contribution in [2.24, 2.45) is 0 Å². The highest BCUT2D eigenvalue weighted by molar-refractivity contribution is 7.11. The van der Waals surface area contributed by atoms with Crippen molar-refractivity contribution in [3.05, 3.63) is 81.9 Å². The van der Waals surface area contributed by atoms with E-state index in [-0.39, 0.29) is 19.1 Å². The van der Waals surface area contributed by atoms with Crippen molar-refractivity contribution in [3.63, 3.8) is 0 Å². The van der Waals surface area contributed by atoms with Crippen molar-refractivity contribution in [3.8, 4) is 0 Å². The fourth-order valence-electron chi connectivity index (χ4n) is 3.28. The van der Waals surface area contributed by atoms with Crippen LogP contribution in [0.15, 0.2) is 61.1 Å². The molecule has 1 amide bonds. The summed E-state index contributed by atoms with van der Waals surface area (Å²) in [6.07, 6.45) is 3.34. The third-order valence-electron chi connectivity index (χ3n) is 4.70. The highest BCUT2D eigenvalue weighted by atomic mass is 32.1. The van der Waals surface area contributed by atoms with Gasteiger partial charge in [-0.1, -0.05) is 30.3 Å². The number of nitrogens with zero attached hydrogens (tertiary/aromatic N) is 4. The molecule has 0 fully saturated rings. The van der Waals surface area contributed by atoms with E-state index in [0.29, 0.717) is 24.2 Å². The summed E-state index contributed by atoms with van der Waals surface area (Å²) in [7, 11) is 0. The van der Waals surface area contributed by atoms with Crippen molar-refractivity contribution >= 4 is 28.4 Å².